The number of carbonyl (C=O) groups excluding carboxylic acids is 1. The summed E-state index contributed by atoms with van der Waals surface area (Å²) in [7, 11) is 0. The van der Waals surface area contributed by atoms with Gasteiger partial charge in [-0.05, 0) is 20.3 Å². The number of carbonyl (C=O) groups is 1. The van der Waals surface area contributed by atoms with Gasteiger partial charge in [-0.25, -0.2) is 0 Å². The molecule has 0 saturated carbocycles. The zero-order chi connectivity index (χ0) is 15.9. The van der Waals surface area contributed by atoms with Crippen molar-refractivity contribution in [1.29, 1.82) is 0 Å². The molecule has 0 aliphatic heterocycles. The van der Waals surface area contributed by atoms with Gasteiger partial charge in [0.05, 0.1) is 12.1 Å². The van der Waals surface area contributed by atoms with Gasteiger partial charge in [0.25, 0.3) is 0 Å². The third-order valence-corrected chi connectivity index (χ3v) is 3.38. The van der Waals surface area contributed by atoms with Crippen molar-refractivity contribution in [3.8, 4) is 0 Å². The van der Waals surface area contributed by atoms with Crippen LogP contribution in [0.2, 0.25) is 0 Å². The summed E-state index contributed by atoms with van der Waals surface area (Å²) in [6, 6.07) is 1.76. The molecule has 1 unspecified atom stereocenters. The van der Waals surface area contributed by atoms with Gasteiger partial charge >= 0.3 is 0 Å². The minimum absolute atomic E-state index is 0.00119. The lowest BCUT2D eigenvalue weighted by Crippen LogP contribution is -2.26. The lowest BCUT2D eigenvalue weighted by atomic mass is 10.0. The first-order valence-electron chi connectivity index (χ1n) is 7.88. The van der Waals surface area contributed by atoms with E-state index in [1.807, 2.05) is 6.92 Å². The molecule has 1 aromatic heterocycles. The van der Waals surface area contributed by atoms with Crippen molar-refractivity contribution in [2.75, 3.05) is 5.32 Å². The summed E-state index contributed by atoms with van der Waals surface area (Å²) >= 11 is 0. The highest BCUT2D eigenvalue weighted by Crippen LogP contribution is 2.14. The van der Waals surface area contributed by atoms with Crippen molar-refractivity contribution in [1.82, 2.24) is 9.78 Å². The summed E-state index contributed by atoms with van der Waals surface area (Å²) in [5.74, 6) is 0.561. The molecular formula is C16H29N3O2. The second kappa shape index (κ2) is 8.17. The summed E-state index contributed by atoms with van der Waals surface area (Å²) in [5.41, 5.74) is -0.820. The van der Waals surface area contributed by atoms with E-state index in [0.717, 1.165) is 12.8 Å². The zero-order valence-corrected chi connectivity index (χ0v) is 13.7. The van der Waals surface area contributed by atoms with Crippen LogP contribution in [0, 0.1) is 5.92 Å². The first-order chi connectivity index (χ1) is 9.81. The molecule has 120 valence electrons. The van der Waals surface area contributed by atoms with Crippen LogP contribution < -0.4 is 5.32 Å². The van der Waals surface area contributed by atoms with E-state index in [-0.39, 0.29) is 11.8 Å². The lowest BCUT2D eigenvalue weighted by molar-refractivity contribution is -0.119. The number of amides is 1. The molecule has 1 atom stereocenters. The number of aromatic nitrogens is 2. The minimum Gasteiger partial charge on any atom is -0.389 e. The molecule has 0 aliphatic carbocycles. The fraction of sp³-hybridized carbons (Fsp3) is 0.750. The average Bonchev–Trinajstić information content (AvgIpc) is 2.79. The van der Waals surface area contributed by atoms with E-state index < -0.39 is 5.60 Å². The molecule has 5 nitrogen and oxygen atoms in total. The predicted molar refractivity (Wildman–Crippen MR) is 85.1 cm³/mol. The highest BCUT2D eigenvalue weighted by atomic mass is 16.3. The Bertz CT molecular complexity index is 435. The molecule has 1 rings (SSSR count). The standard InChI is InChI=1S/C16H29N3O2/c1-5-6-7-8-9-13(2)15(20)17-14-10-11-19(18-14)12-16(3,4)21/h10-11,13,21H,5-9,12H2,1-4H3,(H,17,18,20). The maximum atomic E-state index is 12.1. The SMILES string of the molecule is CCCCCCC(C)C(=O)Nc1ccn(CC(C)(C)O)n1. The van der Waals surface area contributed by atoms with E-state index in [1.165, 1.54) is 19.3 Å². The van der Waals surface area contributed by atoms with Gasteiger partial charge in [-0.3, -0.25) is 9.48 Å². The Morgan fingerprint density at radius 2 is 2.14 bits per heavy atom. The van der Waals surface area contributed by atoms with Gasteiger partial charge in [0.2, 0.25) is 5.91 Å². The van der Waals surface area contributed by atoms with Crippen molar-refractivity contribution in [2.45, 2.75) is 71.9 Å². The minimum atomic E-state index is -0.820. The van der Waals surface area contributed by atoms with Gasteiger partial charge in [-0.1, -0.05) is 39.5 Å². The molecule has 0 aromatic carbocycles. The normalized spacial score (nSPS) is 13.2. The maximum absolute atomic E-state index is 12.1. The topological polar surface area (TPSA) is 67.2 Å². The number of nitrogens with one attached hydrogen (secondary N) is 1. The van der Waals surface area contributed by atoms with E-state index in [4.69, 9.17) is 0 Å². The fourth-order valence-electron chi connectivity index (χ4n) is 2.17. The smallest absolute Gasteiger partial charge is 0.228 e. The van der Waals surface area contributed by atoms with Crippen molar-refractivity contribution >= 4 is 11.7 Å². The molecule has 1 heterocycles. The van der Waals surface area contributed by atoms with Gasteiger partial charge < -0.3 is 10.4 Å². The van der Waals surface area contributed by atoms with Crippen molar-refractivity contribution in [3.63, 3.8) is 0 Å². The summed E-state index contributed by atoms with van der Waals surface area (Å²) in [6.07, 6.45) is 7.40. The van der Waals surface area contributed by atoms with E-state index in [2.05, 4.69) is 17.3 Å². The molecule has 0 bridgehead atoms. The van der Waals surface area contributed by atoms with Crippen LogP contribution in [0.5, 0.6) is 0 Å². The number of aliphatic hydroxyl groups is 1. The summed E-state index contributed by atoms with van der Waals surface area (Å²) in [5, 5.41) is 16.8. The Morgan fingerprint density at radius 1 is 1.43 bits per heavy atom. The van der Waals surface area contributed by atoms with Crippen LogP contribution in [0.15, 0.2) is 12.3 Å². The fourth-order valence-corrected chi connectivity index (χ4v) is 2.17. The Labute approximate surface area is 127 Å². The molecule has 21 heavy (non-hydrogen) atoms. The second-order valence-electron chi connectivity index (χ2n) is 6.45. The molecule has 0 spiro atoms. The van der Waals surface area contributed by atoms with Crippen LogP contribution in [0.25, 0.3) is 0 Å². The Morgan fingerprint density at radius 3 is 2.76 bits per heavy atom. The molecule has 0 fully saturated rings. The monoisotopic (exact) mass is 295 g/mol. The summed E-state index contributed by atoms with van der Waals surface area (Å²) < 4.78 is 1.64. The third kappa shape index (κ3) is 7.27. The molecule has 0 saturated heterocycles. The van der Waals surface area contributed by atoms with Crippen LogP contribution in [0.3, 0.4) is 0 Å². The summed E-state index contributed by atoms with van der Waals surface area (Å²) in [4.78, 5) is 12.1. The number of hydrogen-bond acceptors (Lipinski definition) is 3. The molecule has 1 amide bonds. The van der Waals surface area contributed by atoms with Crippen molar-refractivity contribution < 1.29 is 9.90 Å². The largest absolute Gasteiger partial charge is 0.389 e. The first-order valence-corrected chi connectivity index (χ1v) is 7.88. The van der Waals surface area contributed by atoms with Crippen molar-refractivity contribution in [3.05, 3.63) is 12.3 Å². The maximum Gasteiger partial charge on any atom is 0.228 e. The van der Waals surface area contributed by atoms with Gasteiger partial charge in [0.15, 0.2) is 5.82 Å². The second-order valence-corrected chi connectivity index (χ2v) is 6.45. The molecule has 0 radical (unpaired) electrons. The molecular weight excluding hydrogens is 266 g/mol. The number of hydrogen-bond donors (Lipinski definition) is 2. The van der Waals surface area contributed by atoms with E-state index in [1.54, 1.807) is 30.8 Å². The number of anilines is 1. The lowest BCUT2D eigenvalue weighted by Gasteiger charge is -2.16. The van der Waals surface area contributed by atoms with E-state index in [9.17, 15) is 9.90 Å². The molecule has 0 aliphatic rings. The van der Waals surface area contributed by atoms with Crippen molar-refractivity contribution in [2.24, 2.45) is 5.92 Å². The number of rotatable bonds is 9. The van der Waals surface area contributed by atoms with Crippen LogP contribution in [-0.2, 0) is 11.3 Å². The van der Waals surface area contributed by atoms with Crippen LogP contribution in [-0.4, -0.2) is 26.4 Å². The van der Waals surface area contributed by atoms with Crippen LogP contribution in [0.4, 0.5) is 5.82 Å². The Kier molecular flexibility index (Phi) is 6.89. The molecule has 2 N–H and O–H groups in total. The average molecular weight is 295 g/mol. The Balaban J connectivity index is 2.40. The van der Waals surface area contributed by atoms with E-state index in [0.29, 0.717) is 12.4 Å². The predicted octanol–water partition coefficient (Wildman–Crippen LogP) is 3.20. The highest BCUT2D eigenvalue weighted by molar-refractivity contribution is 5.91. The quantitative estimate of drug-likeness (QED) is 0.687. The highest BCUT2D eigenvalue weighted by Gasteiger charge is 2.16. The summed E-state index contributed by atoms with van der Waals surface area (Å²) in [6.45, 7) is 7.99. The van der Waals surface area contributed by atoms with Gasteiger partial charge in [0.1, 0.15) is 0 Å². The molecule has 5 heteroatoms. The first kappa shape index (κ1) is 17.7. The van der Waals surface area contributed by atoms with Gasteiger partial charge in [0, 0.05) is 18.2 Å². The Hall–Kier alpha value is -1.36. The van der Waals surface area contributed by atoms with E-state index >= 15 is 0 Å². The van der Waals surface area contributed by atoms with Crippen LogP contribution >= 0.6 is 0 Å². The number of unbranched alkanes of at least 4 members (excludes halogenated alkanes) is 3. The molecule has 1 aromatic rings. The van der Waals surface area contributed by atoms with Gasteiger partial charge in [-0.15, -0.1) is 0 Å². The zero-order valence-electron chi connectivity index (χ0n) is 13.7. The third-order valence-electron chi connectivity index (χ3n) is 3.38. The number of nitrogens with zero attached hydrogens (tertiary/aromatic N) is 2. The van der Waals surface area contributed by atoms with Crippen LogP contribution in [0.1, 0.15) is 59.8 Å². The van der Waals surface area contributed by atoms with Gasteiger partial charge in [-0.2, -0.15) is 5.10 Å².